The van der Waals surface area contributed by atoms with Gasteiger partial charge in [-0.3, -0.25) is 4.79 Å². The molecule has 1 aromatic heterocycles. The lowest BCUT2D eigenvalue weighted by Crippen LogP contribution is -2.13. The lowest BCUT2D eigenvalue weighted by atomic mass is 9.86. The average molecular weight is 233 g/mol. The molecule has 0 unspecified atom stereocenters. The van der Waals surface area contributed by atoms with E-state index >= 15 is 0 Å². The Morgan fingerprint density at radius 3 is 2.71 bits per heavy atom. The zero-order chi connectivity index (χ0) is 12.1. The lowest BCUT2D eigenvalue weighted by Gasteiger charge is -2.22. The van der Waals surface area contributed by atoms with Crippen LogP contribution < -0.4 is 0 Å². The van der Waals surface area contributed by atoms with Crippen LogP contribution in [0, 0.1) is 5.92 Å². The van der Waals surface area contributed by atoms with Gasteiger partial charge in [-0.1, -0.05) is 39.0 Å². The van der Waals surface area contributed by atoms with E-state index in [0.717, 1.165) is 37.3 Å². The molecule has 17 heavy (non-hydrogen) atoms. The van der Waals surface area contributed by atoms with Gasteiger partial charge in [0.05, 0.1) is 5.69 Å². The van der Waals surface area contributed by atoms with Crippen molar-refractivity contribution in [2.45, 2.75) is 58.4 Å². The van der Waals surface area contributed by atoms with Crippen LogP contribution in [0.1, 0.15) is 61.6 Å². The minimum Gasteiger partial charge on any atom is -0.342 e. The Balaban J connectivity index is 2.08. The van der Waals surface area contributed by atoms with Crippen LogP contribution >= 0.6 is 0 Å². The molecule has 1 fully saturated rings. The molecule has 1 aliphatic rings. The molecular weight excluding hydrogens is 210 g/mol. The fourth-order valence-corrected chi connectivity index (χ4v) is 2.99. The first-order valence-electron chi connectivity index (χ1n) is 6.98. The third kappa shape index (κ3) is 2.99. The van der Waals surface area contributed by atoms with Crippen LogP contribution in [-0.4, -0.2) is 10.9 Å². The van der Waals surface area contributed by atoms with E-state index in [-0.39, 0.29) is 0 Å². The average Bonchev–Trinajstić information content (AvgIpc) is 2.74. The minimum atomic E-state index is 0.841. The molecule has 94 valence electrons. The molecule has 0 atom stereocenters. The molecule has 0 spiro atoms. The summed E-state index contributed by atoms with van der Waals surface area (Å²) in [6, 6.07) is 4.12. The molecule has 2 nitrogen and oxygen atoms in total. The second kappa shape index (κ2) is 6.04. The van der Waals surface area contributed by atoms with Crippen LogP contribution in [0.2, 0.25) is 0 Å². The van der Waals surface area contributed by atoms with E-state index in [9.17, 15) is 4.79 Å². The minimum absolute atomic E-state index is 0.841. The summed E-state index contributed by atoms with van der Waals surface area (Å²) in [6.45, 7) is 3.14. The van der Waals surface area contributed by atoms with Crippen molar-refractivity contribution in [3.63, 3.8) is 0 Å². The van der Waals surface area contributed by atoms with Gasteiger partial charge in [0.2, 0.25) is 0 Å². The number of nitrogens with zero attached hydrogens (tertiary/aromatic N) is 1. The molecule has 1 aromatic rings. The van der Waals surface area contributed by atoms with Gasteiger partial charge in [0.1, 0.15) is 0 Å². The Hall–Kier alpha value is -1.05. The van der Waals surface area contributed by atoms with Crippen molar-refractivity contribution in [2.24, 2.45) is 5.92 Å². The molecule has 0 N–H and O–H groups in total. The van der Waals surface area contributed by atoms with Crippen LogP contribution in [0.3, 0.4) is 0 Å². The van der Waals surface area contributed by atoms with Gasteiger partial charge in [-0.2, -0.15) is 0 Å². The number of hydrogen-bond acceptors (Lipinski definition) is 1. The highest BCUT2D eigenvalue weighted by Gasteiger charge is 2.16. The molecule has 0 aliphatic heterocycles. The molecule has 0 radical (unpaired) electrons. The molecule has 2 heteroatoms. The maximum atomic E-state index is 11.0. The maximum absolute atomic E-state index is 11.0. The summed E-state index contributed by atoms with van der Waals surface area (Å²) in [6.07, 6.45) is 10.2. The molecule has 2 rings (SSSR count). The fourth-order valence-electron chi connectivity index (χ4n) is 2.99. The number of carbonyl (C=O) groups is 1. The van der Waals surface area contributed by atoms with E-state index in [1.54, 1.807) is 0 Å². The normalized spacial score (nSPS) is 17.2. The monoisotopic (exact) mass is 233 g/mol. The number of rotatable bonds is 5. The highest BCUT2D eigenvalue weighted by Crippen LogP contribution is 2.27. The van der Waals surface area contributed by atoms with Gasteiger partial charge >= 0.3 is 0 Å². The van der Waals surface area contributed by atoms with Crippen molar-refractivity contribution in [3.05, 3.63) is 23.5 Å². The highest BCUT2D eigenvalue weighted by molar-refractivity contribution is 5.72. The van der Waals surface area contributed by atoms with Crippen molar-refractivity contribution in [3.8, 4) is 0 Å². The fraction of sp³-hybridized carbons (Fsp3) is 0.667. The largest absolute Gasteiger partial charge is 0.342 e. The van der Waals surface area contributed by atoms with Gasteiger partial charge in [0.15, 0.2) is 6.29 Å². The van der Waals surface area contributed by atoms with Gasteiger partial charge in [0, 0.05) is 12.2 Å². The molecule has 1 heterocycles. The first-order chi connectivity index (χ1) is 8.35. The molecule has 0 saturated heterocycles. The van der Waals surface area contributed by atoms with Crippen molar-refractivity contribution in [2.75, 3.05) is 0 Å². The van der Waals surface area contributed by atoms with Gasteiger partial charge in [0.25, 0.3) is 0 Å². The third-order valence-electron chi connectivity index (χ3n) is 3.90. The summed E-state index contributed by atoms with van der Waals surface area (Å²) in [5, 5.41) is 0. The second-order valence-electron chi connectivity index (χ2n) is 5.23. The molecular formula is C15H23NO. The SMILES string of the molecule is CCCn1c(C=O)ccc1CC1CCCCC1. The second-order valence-corrected chi connectivity index (χ2v) is 5.23. The van der Waals surface area contributed by atoms with Crippen molar-refractivity contribution < 1.29 is 4.79 Å². The standard InChI is InChI=1S/C15H23NO/c1-2-10-16-14(8-9-15(16)12-17)11-13-6-4-3-5-7-13/h8-9,12-13H,2-7,10-11H2,1H3. The van der Waals surface area contributed by atoms with Gasteiger partial charge in [-0.05, 0) is 30.9 Å². The van der Waals surface area contributed by atoms with Crippen LogP contribution in [0.4, 0.5) is 0 Å². The predicted octanol–water partition coefficient (Wildman–Crippen LogP) is 3.83. The van der Waals surface area contributed by atoms with Gasteiger partial charge in [-0.25, -0.2) is 0 Å². The quantitative estimate of drug-likeness (QED) is 0.708. The van der Waals surface area contributed by atoms with Crippen LogP contribution in [0.25, 0.3) is 0 Å². The molecule has 0 bridgehead atoms. The topological polar surface area (TPSA) is 22.0 Å². The number of aromatic nitrogens is 1. The summed E-state index contributed by atoms with van der Waals surface area (Å²) in [4.78, 5) is 11.0. The van der Waals surface area contributed by atoms with Gasteiger partial charge < -0.3 is 4.57 Å². The van der Waals surface area contributed by atoms with E-state index in [4.69, 9.17) is 0 Å². The Labute approximate surface area is 104 Å². The number of aldehydes is 1. The summed E-state index contributed by atoms with van der Waals surface area (Å²) in [7, 11) is 0. The summed E-state index contributed by atoms with van der Waals surface area (Å²) >= 11 is 0. The van der Waals surface area contributed by atoms with Crippen molar-refractivity contribution in [1.29, 1.82) is 0 Å². The molecule has 1 aliphatic carbocycles. The van der Waals surface area contributed by atoms with Gasteiger partial charge in [-0.15, -0.1) is 0 Å². The Morgan fingerprint density at radius 2 is 2.06 bits per heavy atom. The zero-order valence-electron chi connectivity index (χ0n) is 10.8. The predicted molar refractivity (Wildman–Crippen MR) is 70.4 cm³/mol. The van der Waals surface area contributed by atoms with Crippen LogP contribution in [-0.2, 0) is 13.0 Å². The Bertz CT molecular complexity index is 361. The summed E-state index contributed by atoms with van der Waals surface area (Å²) < 4.78 is 2.21. The molecule has 0 aromatic carbocycles. The summed E-state index contributed by atoms with van der Waals surface area (Å²) in [5.74, 6) is 0.841. The first-order valence-corrected chi connectivity index (χ1v) is 6.98. The van der Waals surface area contributed by atoms with E-state index < -0.39 is 0 Å². The van der Waals surface area contributed by atoms with Crippen molar-refractivity contribution >= 4 is 6.29 Å². The Morgan fingerprint density at radius 1 is 1.29 bits per heavy atom. The van der Waals surface area contributed by atoms with Crippen LogP contribution in [0.15, 0.2) is 12.1 Å². The number of carbonyl (C=O) groups excluding carboxylic acids is 1. The lowest BCUT2D eigenvalue weighted by molar-refractivity contribution is 0.111. The van der Waals surface area contributed by atoms with E-state index in [0.29, 0.717) is 0 Å². The van der Waals surface area contributed by atoms with E-state index in [2.05, 4.69) is 17.6 Å². The highest BCUT2D eigenvalue weighted by atomic mass is 16.1. The first kappa shape index (κ1) is 12.4. The van der Waals surface area contributed by atoms with E-state index in [1.165, 1.54) is 37.8 Å². The maximum Gasteiger partial charge on any atom is 0.166 e. The smallest absolute Gasteiger partial charge is 0.166 e. The number of hydrogen-bond donors (Lipinski definition) is 0. The van der Waals surface area contributed by atoms with Crippen LogP contribution in [0.5, 0.6) is 0 Å². The third-order valence-corrected chi connectivity index (χ3v) is 3.90. The molecule has 1 saturated carbocycles. The van der Waals surface area contributed by atoms with E-state index in [1.807, 2.05) is 6.07 Å². The van der Waals surface area contributed by atoms with Crippen molar-refractivity contribution in [1.82, 2.24) is 4.57 Å². The Kier molecular flexibility index (Phi) is 4.41. The zero-order valence-corrected chi connectivity index (χ0v) is 10.8. The summed E-state index contributed by atoms with van der Waals surface area (Å²) in [5.41, 5.74) is 2.21. The molecule has 0 amide bonds.